The topological polar surface area (TPSA) is 24.9 Å². The maximum Gasteiger partial charge on any atom is 0.0449 e. The van der Waals surface area contributed by atoms with E-state index in [-0.39, 0.29) is 5.41 Å². The van der Waals surface area contributed by atoms with Crippen LogP contribution in [-0.2, 0) is 6.42 Å². The van der Waals surface area contributed by atoms with Gasteiger partial charge in [-0.05, 0) is 52.9 Å². The highest BCUT2D eigenvalue weighted by Gasteiger charge is 2.25. The van der Waals surface area contributed by atoms with E-state index in [4.69, 9.17) is 0 Å². The number of hydrogen-bond acceptors (Lipinski definition) is 2. The minimum absolute atomic E-state index is 0.246. The van der Waals surface area contributed by atoms with Crippen molar-refractivity contribution in [2.24, 2.45) is 5.41 Å². The molecule has 0 spiro atoms. The Kier molecular flexibility index (Phi) is 5.80. The highest BCUT2D eigenvalue weighted by atomic mass is 79.9. The lowest BCUT2D eigenvalue weighted by Gasteiger charge is -2.32. The van der Waals surface area contributed by atoms with Crippen molar-refractivity contribution >= 4 is 15.9 Å². The Bertz CT molecular complexity index is 383. The molecule has 1 rings (SSSR count). The SMILES string of the molecule is CCCNC(Cc1ncc(Br)cc1C)C(C)(C)C. The fraction of sp³-hybridized carbons (Fsp3) is 0.667. The largest absolute Gasteiger partial charge is 0.313 e. The Labute approximate surface area is 120 Å². The summed E-state index contributed by atoms with van der Waals surface area (Å²) in [4.78, 5) is 4.55. The van der Waals surface area contributed by atoms with Gasteiger partial charge in [-0.1, -0.05) is 27.7 Å². The van der Waals surface area contributed by atoms with Crippen LogP contribution < -0.4 is 5.32 Å². The van der Waals surface area contributed by atoms with Crippen molar-refractivity contribution in [1.29, 1.82) is 0 Å². The Morgan fingerprint density at radius 1 is 1.39 bits per heavy atom. The quantitative estimate of drug-likeness (QED) is 0.885. The van der Waals surface area contributed by atoms with Crippen LogP contribution in [0.4, 0.5) is 0 Å². The van der Waals surface area contributed by atoms with Crippen molar-refractivity contribution in [1.82, 2.24) is 10.3 Å². The van der Waals surface area contributed by atoms with Crippen LogP contribution in [0.15, 0.2) is 16.7 Å². The first-order chi connectivity index (χ1) is 8.34. The lowest BCUT2D eigenvalue weighted by atomic mass is 9.83. The third kappa shape index (κ3) is 4.69. The smallest absolute Gasteiger partial charge is 0.0449 e. The van der Waals surface area contributed by atoms with E-state index >= 15 is 0 Å². The second-order valence-electron chi connectivity index (χ2n) is 5.99. The van der Waals surface area contributed by atoms with Crippen molar-refractivity contribution in [2.45, 2.75) is 53.5 Å². The molecule has 0 radical (unpaired) electrons. The third-order valence-corrected chi connectivity index (χ3v) is 3.67. The van der Waals surface area contributed by atoms with Gasteiger partial charge in [0.05, 0.1) is 0 Å². The molecule has 0 saturated carbocycles. The number of halogens is 1. The first-order valence-electron chi connectivity index (χ1n) is 6.69. The number of hydrogen-bond donors (Lipinski definition) is 1. The fourth-order valence-electron chi connectivity index (χ4n) is 1.98. The van der Waals surface area contributed by atoms with Gasteiger partial charge < -0.3 is 5.32 Å². The van der Waals surface area contributed by atoms with Gasteiger partial charge in [-0.15, -0.1) is 0 Å². The number of aryl methyl sites for hydroxylation is 1. The maximum atomic E-state index is 4.55. The van der Waals surface area contributed by atoms with Crippen LogP contribution in [0.2, 0.25) is 0 Å². The van der Waals surface area contributed by atoms with Crippen LogP contribution in [0, 0.1) is 12.3 Å². The molecular weight excluding hydrogens is 288 g/mol. The van der Waals surface area contributed by atoms with E-state index in [1.807, 2.05) is 6.20 Å². The molecule has 0 aliphatic rings. The molecule has 1 aromatic heterocycles. The van der Waals surface area contributed by atoms with Gasteiger partial charge >= 0.3 is 0 Å². The van der Waals surface area contributed by atoms with Gasteiger partial charge in [-0.2, -0.15) is 0 Å². The van der Waals surface area contributed by atoms with E-state index in [1.165, 1.54) is 17.7 Å². The van der Waals surface area contributed by atoms with Crippen LogP contribution in [0.3, 0.4) is 0 Å². The summed E-state index contributed by atoms with van der Waals surface area (Å²) in [5, 5.41) is 3.65. The van der Waals surface area contributed by atoms with Gasteiger partial charge in [0.25, 0.3) is 0 Å². The van der Waals surface area contributed by atoms with Gasteiger partial charge in [0.1, 0.15) is 0 Å². The van der Waals surface area contributed by atoms with Crippen LogP contribution in [-0.4, -0.2) is 17.6 Å². The van der Waals surface area contributed by atoms with Crippen molar-refractivity contribution in [3.8, 4) is 0 Å². The van der Waals surface area contributed by atoms with Gasteiger partial charge in [-0.25, -0.2) is 0 Å². The average molecular weight is 313 g/mol. The zero-order valence-corrected chi connectivity index (χ0v) is 13.8. The number of rotatable bonds is 5. The molecule has 0 amide bonds. The summed E-state index contributed by atoms with van der Waals surface area (Å²) in [7, 11) is 0. The molecule has 0 saturated heterocycles. The van der Waals surface area contributed by atoms with E-state index in [9.17, 15) is 0 Å². The van der Waals surface area contributed by atoms with Crippen molar-refractivity contribution in [2.75, 3.05) is 6.54 Å². The van der Waals surface area contributed by atoms with Crippen LogP contribution in [0.25, 0.3) is 0 Å². The summed E-state index contributed by atoms with van der Waals surface area (Å²) in [5.74, 6) is 0. The maximum absolute atomic E-state index is 4.55. The molecule has 1 unspecified atom stereocenters. The Balaban J connectivity index is 2.82. The molecule has 18 heavy (non-hydrogen) atoms. The summed E-state index contributed by atoms with van der Waals surface area (Å²) >= 11 is 3.47. The standard InChI is InChI=1S/C15H25BrN2/c1-6-7-17-14(15(3,4)5)9-13-11(2)8-12(16)10-18-13/h8,10,14,17H,6-7,9H2,1-5H3. The third-order valence-electron chi connectivity index (χ3n) is 3.24. The first-order valence-corrected chi connectivity index (χ1v) is 7.48. The minimum atomic E-state index is 0.246. The molecule has 0 fully saturated rings. The van der Waals surface area contributed by atoms with Crippen LogP contribution >= 0.6 is 15.9 Å². The van der Waals surface area contributed by atoms with Crippen molar-refractivity contribution in [3.05, 3.63) is 28.0 Å². The number of nitrogens with one attached hydrogen (secondary N) is 1. The Hall–Kier alpha value is -0.410. The van der Waals surface area contributed by atoms with Crippen molar-refractivity contribution < 1.29 is 0 Å². The molecule has 0 bridgehead atoms. The highest BCUT2D eigenvalue weighted by Crippen LogP contribution is 2.24. The van der Waals surface area contributed by atoms with Crippen molar-refractivity contribution in [3.63, 3.8) is 0 Å². The minimum Gasteiger partial charge on any atom is -0.313 e. The molecule has 1 atom stereocenters. The number of pyridine rings is 1. The van der Waals surface area contributed by atoms with E-state index in [0.717, 1.165) is 17.4 Å². The zero-order valence-electron chi connectivity index (χ0n) is 12.2. The van der Waals surface area contributed by atoms with Gasteiger partial charge in [0, 0.05) is 28.8 Å². The summed E-state index contributed by atoms with van der Waals surface area (Å²) in [5.41, 5.74) is 2.70. The predicted molar refractivity (Wildman–Crippen MR) is 81.9 cm³/mol. The summed E-state index contributed by atoms with van der Waals surface area (Å²) in [6, 6.07) is 2.60. The van der Waals surface area contributed by atoms with Gasteiger partial charge in [0.15, 0.2) is 0 Å². The molecule has 3 heteroatoms. The lowest BCUT2D eigenvalue weighted by molar-refractivity contribution is 0.265. The molecule has 102 valence electrons. The number of aromatic nitrogens is 1. The van der Waals surface area contributed by atoms with Gasteiger partial charge in [-0.3, -0.25) is 4.98 Å². The highest BCUT2D eigenvalue weighted by molar-refractivity contribution is 9.10. The zero-order chi connectivity index (χ0) is 13.8. The van der Waals surface area contributed by atoms with Crippen LogP contribution in [0.5, 0.6) is 0 Å². The average Bonchev–Trinajstić information content (AvgIpc) is 2.25. The van der Waals surface area contributed by atoms with E-state index < -0.39 is 0 Å². The number of nitrogens with zero attached hydrogens (tertiary/aromatic N) is 1. The second-order valence-corrected chi connectivity index (χ2v) is 6.91. The molecule has 0 aliphatic heterocycles. The molecule has 1 heterocycles. The Morgan fingerprint density at radius 3 is 2.56 bits per heavy atom. The molecule has 1 N–H and O–H groups in total. The first kappa shape index (κ1) is 15.6. The predicted octanol–water partition coefficient (Wildman–Crippen LogP) is 4.11. The molecule has 0 aromatic carbocycles. The van der Waals surface area contributed by atoms with E-state index in [1.54, 1.807) is 0 Å². The van der Waals surface area contributed by atoms with Crippen LogP contribution in [0.1, 0.15) is 45.4 Å². The summed E-state index contributed by atoms with van der Waals surface area (Å²) < 4.78 is 1.05. The summed E-state index contributed by atoms with van der Waals surface area (Å²) in [6.07, 6.45) is 4.05. The summed E-state index contributed by atoms with van der Waals surface area (Å²) in [6.45, 7) is 12.3. The fourth-order valence-corrected chi connectivity index (χ4v) is 2.42. The molecule has 0 aliphatic carbocycles. The monoisotopic (exact) mass is 312 g/mol. The second kappa shape index (κ2) is 6.67. The van der Waals surface area contributed by atoms with E-state index in [2.05, 4.69) is 66.9 Å². The Morgan fingerprint density at radius 2 is 2.06 bits per heavy atom. The normalized spacial score (nSPS) is 13.7. The molecule has 2 nitrogen and oxygen atoms in total. The molecular formula is C15H25BrN2. The molecule has 1 aromatic rings. The van der Waals surface area contributed by atoms with E-state index in [0.29, 0.717) is 6.04 Å². The van der Waals surface area contributed by atoms with Gasteiger partial charge in [0.2, 0.25) is 0 Å². The lowest BCUT2D eigenvalue weighted by Crippen LogP contribution is -2.42.